The van der Waals surface area contributed by atoms with Crippen molar-refractivity contribution in [2.24, 2.45) is 5.73 Å². The molecule has 1 fully saturated rings. The summed E-state index contributed by atoms with van der Waals surface area (Å²) in [4.78, 5) is 2.28. The Bertz CT molecular complexity index is 370. The average Bonchev–Trinajstić information content (AvgIpc) is 2.72. The Morgan fingerprint density at radius 3 is 3.06 bits per heavy atom. The van der Waals surface area contributed by atoms with Crippen molar-refractivity contribution in [1.82, 2.24) is 4.90 Å². The maximum atomic E-state index is 13.3. The number of hydrogen-bond donors (Lipinski definition) is 1. The molecule has 88 valence electrons. The Morgan fingerprint density at radius 2 is 2.31 bits per heavy atom. The molecule has 1 saturated heterocycles. The van der Waals surface area contributed by atoms with Crippen LogP contribution < -0.4 is 5.73 Å². The first kappa shape index (κ1) is 11.8. The molecule has 1 aliphatic heterocycles. The third kappa shape index (κ3) is 2.37. The van der Waals surface area contributed by atoms with Gasteiger partial charge in [-0.05, 0) is 31.0 Å². The number of rotatable bonds is 3. The Balaban J connectivity index is 2.11. The Labute approximate surface area is 100 Å². The third-order valence-electron chi connectivity index (χ3n) is 3.18. The minimum Gasteiger partial charge on any atom is -0.329 e. The van der Waals surface area contributed by atoms with Crippen LogP contribution in [0.15, 0.2) is 18.2 Å². The summed E-state index contributed by atoms with van der Waals surface area (Å²) in [6.45, 7) is 2.38. The SMILES string of the molecule is NCC1CCCN1Cc1cccc(F)c1Cl. The van der Waals surface area contributed by atoms with Crippen molar-refractivity contribution in [2.75, 3.05) is 13.1 Å². The summed E-state index contributed by atoms with van der Waals surface area (Å²) >= 11 is 5.93. The van der Waals surface area contributed by atoms with Crippen LogP contribution in [0.3, 0.4) is 0 Å². The molecule has 16 heavy (non-hydrogen) atoms. The van der Waals surface area contributed by atoms with Crippen molar-refractivity contribution in [3.05, 3.63) is 34.6 Å². The monoisotopic (exact) mass is 242 g/mol. The predicted octanol–water partition coefficient (Wildman–Crippen LogP) is 2.40. The summed E-state index contributed by atoms with van der Waals surface area (Å²) in [5.74, 6) is -0.345. The lowest BCUT2D eigenvalue weighted by Crippen LogP contribution is -2.34. The maximum absolute atomic E-state index is 13.3. The molecular formula is C12H16ClFN2. The van der Waals surface area contributed by atoms with Gasteiger partial charge in [0.25, 0.3) is 0 Å². The molecular weight excluding hydrogens is 227 g/mol. The van der Waals surface area contributed by atoms with Crippen LogP contribution in [0, 0.1) is 5.82 Å². The molecule has 1 unspecified atom stereocenters. The zero-order valence-electron chi connectivity index (χ0n) is 9.13. The van der Waals surface area contributed by atoms with Crippen molar-refractivity contribution in [3.63, 3.8) is 0 Å². The summed E-state index contributed by atoms with van der Waals surface area (Å²) in [6.07, 6.45) is 2.29. The Kier molecular flexibility index (Phi) is 3.79. The molecule has 0 aliphatic carbocycles. The molecule has 1 atom stereocenters. The van der Waals surface area contributed by atoms with E-state index >= 15 is 0 Å². The first-order valence-electron chi connectivity index (χ1n) is 5.59. The van der Waals surface area contributed by atoms with E-state index < -0.39 is 0 Å². The van der Waals surface area contributed by atoms with Crippen molar-refractivity contribution in [2.45, 2.75) is 25.4 Å². The average molecular weight is 243 g/mol. The summed E-state index contributed by atoms with van der Waals surface area (Å²) in [5.41, 5.74) is 6.55. The van der Waals surface area contributed by atoms with Crippen LogP contribution in [0.4, 0.5) is 4.39 Å². The lowest BCUT2D eigenvalue weighted by atomic mass is 10.2. The summed E-state index contributed by atoms with van der Waals surface area (Å²) < 4.78 is 13.3. The minimum absolute atomic E-state index is 0.241. The van der Waals surface area contributed by atoms with Gasteiger partial charge in [0.05, 0.1) is 5.02 Å². The molecule has 1 aromatic rings. The van der Waals surface area contributed by atoms with Gasteiger partial charge in [-0.2, -0.15) is 0 Å². The summed E-state index contributed by atoms with van der Waals surface area (Å²) in [6, 6.07) is 5.37. The van der Waals surface area contributed by atoms with Crippen molar-refractivity contribution < 1.29 is 4.39 Å². The Morgan fingerprint density at radius 1 is 1.50 bits per heavy atom. The van der Waals surface area contributed by atoms with E-state index in [0.29, 0.717) is 19.1 Å². The normalized spacial score (nSPS) is 21.6. The van der Waals surface area contributed by atoms with Gasteiger partial charge in [-0.3, -0.25) is 4.90 Å². The van der Waals surface area contributed by atoms with Crippen LogP contribution in [-0.4, -0.2) is 24.0 Å². The van der Waals surface area contributed by atoms with E-state index in [4.69, 9.17) is 17.3 Å². The largest absolute Gasteiger partial charge is 0.329 e. The van der Waals surface area contributed by atoms with Gasteiger partial charge in [-0.1, -0.05) is 23.7 Å². The standard InChI is InChI=1S/C12H16ClFN2/c13-12-9(3-1-5-11(12)14)8-16-6-2-4-10(16)7-15/h1,3,5,10H,2,4,6-8,15H2. The molecule has 0 aromatic heterocycles. The van der Waals surface area contributed by atoms with Gasteiger partial charge in [0.2, 0.25) is 0 Å². The number of halogens is 2. The molecule has 1 aliphatic rings. The summed E-state index contributed by atoms with van der Waals surface area (Å²) in [5, 5.41) is 0.241. The molecule has 0 radical (unpaired) electrons. The van der Waals surface area contributed by atoms with E-state index in [0.717, 1.165) is 24.9 Å². The highest BCUT2D eigenvalue weighted by Crippen LogP contribution is 2.25. The fourth-order valence-corrected chi connectivity index (χ4v) is 2.45. The van der Waals surface area contributed by atoms with Crippen molar-refractivity contribution in [1.29, 1.82) is 0 Å². The van der Waals surface area contributed by atoms with Crippen LogP contribution >= 0.6 is 11.6 Å². The maximum Gasteiger partial charge on any atom is 0.142 e. The lowest BCUT2D eigenvalue weighted by Gasteiger charge is -2.23. The molecule has 1 heterocycles. The molecule has 0 saturated carbocycles. The Hall–Kier alpha value is -0.640. The van der Waals surface area contributed by atoms with Crippen molar-refractivity contribution >= 4 is 11.6 Å². The number of hydrogen-bond acceptors (Lipinski definition) is 2. The molecule has 0 spiro atoms. The van der Waals surface area contributed by atoms with Crippen LogP contribution in [0.2, 0.25) is 5.02 Å². The highest BCUT2D eigenvalue weighted by molar-refractivity contribution is 6.31. The number of benzene rings is 1. The quantitative estimate of drug-likeness (QED) is 0.882. The van der Waals surface area contributed by atoms with E-state index in [1.807, 2.05) is 6.07 Å². The fourth-order valence-electron chi connectivity index (χ4n) is 2.26. The first-order valence-corrected chi connectivity index (χ1v) is 5.97. The second kappa shape index (κ2) is 5.13. The van der Waals surface area contributed by atoms with Crippen LogP contribution in [-0.2, 0) is 6.54 Å². The molecule has 1 aromatic carbocycles. The summed E-state index contributed by atoms with van der Waals surface area (Å²) in [7, 11) is 0. The molecule has 0 bridgehead atoms. The van der Waals surface area contributed by atoms with Gasteiger partial charge in [0.15, 0.2) is 0 Å². The predicted molar refractivity (Wildman–Crippen MR) is 63.9 cm³/mol. The molecule has 2 nitrogen and oxygen atoms in total. The van der Waals surface area contributed by atoms with E-state index in [9.17, 15) is 4.39 Å². The fraction of sp³-hybridized carbons (Fsp3) is 0.500. The second-order valence-electron chi connectivity index (χ2n) is 4.22. The van der Waals surface area contributed by atoms with Gasteiger partial charge in [-0.15, -0.1) is 0 Å². The van der Waals surface area contributed by atoms with Crippen LogP contribution in [0.5, 0.6) is 0 Å². The number of nitrogens with zero attached hydrogens (tertiary/aromatic N) is 1. The third-order valence-corrected chi connectivity index (χ3v) is 3.60. The molecule has 2 N–H and O–H groups in total. The van der Waals surface area contributed by atoms with Crippen molar-refractivity contribution in [3.8, 4) is 0 Å². The first-order chi connectivity index (χ1) is 7.72. The van der Waals surface area contributed by atoms with Crippen LogP contribution in [0.1, 0.15) is 18.4 Å². The minimum atomic E-state index is -0.345. The van der Waals surface area contributed by atoms with E-state index in [1.54, 1.807) is 6.07 Å². The van der Waals surface area contributed by atoms with Gasteiger partial charge in [0.1, 0.15) is 5.82 Å². The zero-order chi connectivity index (χ0) is 11.5. The lowest BCUT2D eigenvalue weighted by molar-refractivity contribution is 0.250. The highest BCUT2D eigenvalue weighted by atomic mass is 35.5. The molecule has 0 amide bonds. The second-order valence-corrected chi connectivity index (χ2v) is 4.59. The number of likely N-dealkylation sites (tertiary alicyclic amines) is 1. The zero-order valence-corrected chi connectivity index (χ0v) is 9.88. The molecule has 4 heteroatoms. The smallest absolute Gasteiger partial charge is 0.142 e. The van der Waals surface area contributed by atoms with E-state index in [1.165, 1.54) is 6.07 Å². The van der Waals surface area contributed by atoms with E-state index in [-0.39, 0.29) is 10.8 Å². The highest BCUT2D eigenvalue weighted by Gasteiger charge is 2.23. The molecule has 2 rings (SSSR count). The van der Waals surface area contributed by atoms with Gasteiger partial charge >= 0.3 is 0 Å². The van der Waals surface area contributed by atoms with Crippen LogP contribution in [0.25, 0.3) is 0 Å². The van der Waals surface area contributed by atoms with E-state index in [2.05, 4.69) is 4.90 Å². The number of nitrogens with two attached hydrogens (primary N) is 1. The van der Waals surface area contributed by atoms with Gasteiger partial charge in [-0.25, -0.2) is 4.39 Å². The van der Waals surface area contributed by atoms with Gasteiger partial charge < -0.3 is 5.73 Å². The van der Waals surface area contributed by atoms with Gasteiger partial charge in [0, 0.05) is 19.1 Å². The topological polar surface area (TPSA) is 29.3 Å².